The third-order valence-electron chi connectivity index (χ3n) is 3.39. The highest BCUT2D eigenvalue weighted by atomic mass is 32.2. The Labute approximate surface area is 113 Å². The molecule has 19 heavy (non-hydrogen) atoms. The first-order valence-corrected chi connectivity index (χ1v) is 7.96. The van der Waals surface area contributed by atoms with Gasteiger partial charge >= 0.3 is 0 Å². The van der Waals surface area contributed by atoms with Crippen LogP contribution in [0.2, 0.25) is 0 Å². The molecular formula is C13H19FN2O2S. The fourth-order valence-electron chi connectivity index (χ4n) is 2.13. The summed E-state index contributed by atoms with van der Waals surface area (Å²) in [6.45, 7) is 2.87. The van der Waals surface area contributed by atoms with Crippen LogP contribution in [-0.2, 0) is 10.0 Å². The summed E-state index contributed by atoms with van der Waals surface area (Å²) >= 11 is 0. The zero-order valence-electron chi connectivity index (χ0n) is 10.9. The quantitative estimate of drug-likeness (QED) is 0.883. The molecule has 4 nitrogen and oxygen atoms in total. The van der Waals surface area contributed by atoms with Gasteiger partial charge in [-0.15, -0.1) is 0 Å². The van der Waals surface area contributed by atoms with E-state index in [0.29, 0.717) is 12.1 Å². The van der Waals surface area contributed by atoms with Crippen molar-refractivity contribution in [2.24, 2.45) is 0 Å². The van der Waals surface area contributed by atoms with Crippen LogP contribution in [-0.4, -0.2) is 27.5 Å². The molecular weight excluding hydrogens is 267 g/mol. The predicted molar refractivity (Wildman–Crippen MR) is 72.0 cm³/mol. The zero-order chi connectivity index (χ0) is 13.9. The Hall–Kier alpha value is -0.980. The van der Waals surface area contributed by atoms with Gasteiger partial charge in [0, 0.05) is 12.6 Å². The maximum Gasteiger partial charge on any atom is 0.240 e. The molecule has 0 bridgehead atoms. The van der Waals surface area contributed by atoms with E-state index in [4.69, 9.17) is 0 Å². The summed E-state index contributed by atoms with van der Waals surface area (Å²) in [4.78, 5) is -0.0218. The lowest BCUT2D eigenvalue weighted by Gasteiger charge is -2.23. The number of piperidine rings is 1. The molecule has 1 fully saturated rings. The number of aryl methyl sites for hydroxylation is 1. The molecule has 1 aromatic rings. The van der Waals surface area contributed by atoms with Crippen molar-refractivity contribution in [3.8, 4) is 0 Å². The second-order valence-corrected chi connectivity index (χ2v) is 6.68. The van der Waals surface area contributed by atoms with E-state index < -0.39 is 15.8 Å². The molecule has 6 heteroatoms. The van der Waals surface area contributed by atoms with Gasteiger partial charge in [-0.05, 0) is 44.0 Å². The summed E-state index contributed by atoms with van der Waals surface area (Å²) in [5.74, 6) is -0.501. The third-order valence-corrected chi connectivity index (χ3v) is 4.81. The maximum atomic E-state index is 13.4. The van der Waals surface area contributed by atoms with Gasteiger partial charge in [0.1, 0.15) is 5.82 Å². The van der Waals surface area contributed by atoms with Crippen molar-refractivity contribution in [1.29, 1.82) is 0 Å². The number of hydrogen-bond acceptors (Lipinski definition) is 3. The van der Waals surface area contributed by atoms with E-state index in [-0.39, 0.29) is 10.9 Å². The number of sulfonamides is 1. The summed E-state index contributed by atoms with van der Waals surface area (Å²) in [6.07, 6.45) is 3.20. The van der Waals surface area contributed by atoms with E-state index in [2.05, 4.69) is 10.0 Å². The van der Waals surface area contributed by atoms with Crippen molar-refractivity contribution in [2.75, 3.05) is 13.1 Å². The number of benzene rings is 1. The smallest absolute Gasteiger partial charge is 0.240 e. The molecule has 2 rings (SSSR count). The molecule has 0 saturated carbocycles. The molecule has 0 aromatic heterocycles. The summed E-state index contributed by atoms with van der Waals surface area (Å²) in [5, 5.41) is 3.26. The van der Waals surface area contributed by atoms with Crippen molar-refractivity contribution in [3.63, 3.8) is 0 Å². The maximum absolute atomic E-state index is 13.4. The predicted octanol–water partition coefficient (Wildman–Crippen LogP) is 1.55. The van der Waals surface area contributed by atoms with Gasteiger partial charge in [-0.25, -0.2) is 17.5 Å². The summed E-state index contributed by atoms with van der Waals surface area (Å²) in [6, 6.07) is 4.13. The Morgan fingerprint density at radius 1 is 1.42 bits per heavy atom. The fourth-order valence-corrected chi connectivity index (χ4v) is 3.23. The Morgan fingerprint density at radius 3 is 2.84 bits per heavy atom. The molecule has 0 amide bonds. The topological polar surface area (TPSA) is 58.2 Å². The van der Waals surface area contributed by atoms with E-state index in [0.717, 1.165) is 31.9 Å². The number of nitrogens with one attached hydrogen (secondary N) is 2. The summed E-state index contributed by atoms with van der Waals surface area (Å²) in [5.41, 5.74) is 0.438. The highest BCUT2D eigenvalue weighted by molar-refractivity contribution is 7.89. The Bertz CT molecular complexity index is 540. The Balaban J connectivity index is 2.02. The van der Waals surface area contributed by atoms with Gasteiger partial charge in [-0.1, -0.05) is 12.5 Å². The van der Waals surface area contributed by atoms with Crippen molar-refractivity contribution >= 4 is 10.0 Å². The first-order chi connectivity index (χ1) is 8.99. The van der Waals surface area contributed by atoms with Crippen LogP contribution in [0.3, 0.4) is 0 Å². The lowest BCUT2D eigenvalue weighted by molar-refractivity contribution is 0.398. The highest BCUT2D eigenvalue weighted by Crippen LogP contribution is 2.14. The SMILES string of the molecule is Cc1ccc(S(=O)(=O)NCC2CCCCN2)cc1F. The van der Waals surface area contributed by atoms with Crippen molar-refractivity contribution in [1.82, 2.24) is 10.0 Å². The van der Waals surface area contributed by atoms with Crippen molar-refractivity contribution in [2.45, 2.75) is 37.1 Å². The average molecular weight is 286 g/mol. The number of hydrogen-bond donors (Lipinski definition) is 2. The average Bonchev–Trinajstić information content (AvgIpc) is 2.41. The van der Waals surface area contributed by atoms with E-state index in [1.807, 2.05) is 0 Å². The molecule has 1 unspecified atom stereocenters. The van der Waals surface area contributed by atoms with Crippen LogP contribution in [0.25, 0.3) is 0 Å². The molecule has 1 aliphatic heterocycles. The normalized spacial score (nSPS) is 20.4. The third kappa shape index (κ3) is 3.75. The first-order valence-electron chi connectivity index (χ1n) is 6.48. The minimum atomic E-state index is -3.63. The highest BCUT2D eigenvalue weighted by Gasteiger charge is 2.19. The molecule has 1 atom stereocenters. The Kier molecular flexibility index (Phi) is 4.54. The monoisotopic (exact) mass is 286 g/mol. The summed E-state index contributed by atoms with van der Waals surface area (Å²) < 4.78 is 40.0. The van der Waals surface area contributed by atoms with E-state index in [1.54, 1.807) is 6.92 Å². The van der Waals surface area contributed by atoms with Crippen molar-refractivity contribution < 1.29 is 12.8 Å². The van der Waals surface area contributed by atoms with E-state index >= 15 is 0 Å². The lowest BCUT2D eigenvalue weighted by atomic mass is 10.1. The molecule has 0 radical (unpaired) electrons. The van der Waals surface area contributed by atoms with Crippen LogP contribution in [0.1, 0.15) is 24.8 Å². The first kappa shape index (κ1) is 14.4. The molecule has 1 heterocycles. The van der Waals surface area contributed by atoms with Crippen LogP contribution in [0.4, 0.5) is 4.39 Å². The molecule has 0 aliphatic carbocycles. The molecule has 1 aromatic carbocycles. The second-order valence-electron chi connectivity index (χ2n) is 4.91. The van der Waals surface area contributed by atoms with Crippen LogP contribution < -0.4 is 10.0 Å². The van der Waals surface area contributed by atoms with Gasteiger partial charge in [-0.3, -0.25) is 0 Å². The van der Waals surface area contributed by atoms with Crippen LogP contribution >= 0.6 is 0 Å². The minimum absolute atomic E-state index is 0.0218. The molecule has 2 N–H and O–H groups in total. The molecule has 106 valence electrons. The fraction of sp³-hybridized carbons (Fsp3) is 0.538. The van der Waals surface area contributed by atoms with Gasteiger partial charge in [0.15, 0.2) is 0 Å². The van der Waals surface area contributed by atoms with Gasteiger partial charge in [0.25, 0.3) is 0 Å². The summed E-state index contributed by atoms with van der Waals surface area (Å²) in [7, 11) is -3.63. The van der Waals surface area contributed by atoms with Crippen LogP contribution in [0, 0.1) is 12.7 Å². The van der Waals surface area contributed by atoms with Crippen LogP contribution in [0.5, 0.6) is 0 Å². The van der Waals surface area contributed by atoms with Gasteiger partial charge in [0.05, 0.1) is 4.90 Å². The van der Waals surface area contributed by atoms with E-state index in [9.17, 15) is 12.8 Å². The minimum Gasteiger partial charge on any atom is -0.313 e. The lowest BCUT2D eigenvalue weighted by Crippen LogP contribution is -2.43. The largest absolute Gasteiger partial charge is 0.313 e. The number of halogens is 1. The second kappa shape index (κ2) is 5.98. The molecule has 0 spiro atoms. The van der Waals surface area contributed by atoms with Crippen LogP contribution in [0.15, 0.2) is 23.1 Å². The standard InChI is InChI=1S/C13H19FN2O2S/c1-10-5-6-12(8-13(10)14)19(17,18)16-9-11-4-2-3-7-15-11/h5-6,8,11,15-16H,2-4,7,9H2,1H3. The molecule has 1 saturated heterocycles. The van der Waals surface area contributed by atoms with Crippen molar-refractivity contribution in [3.05, 3.63) is 29.6 Å². The Morgan fingerprint density at radius 2 is 2.21 bits per heavy atom. The van der Waals surface area contributed by atoms with Gasteiger partial charge in [-0.2, -0.15) is 0 Å². The zero-order valence-corrected chi connectivity index (χ0v) is 11.8. The molecule has 1 aliphatic rings. The number of rotatable bonds is 4. The van der Waals surface area contributed by atoms with E-state index in [1.165, 1.54) is 12.1 Å². The van der Waals surface area contributed by atoms with Gasteiger partial charge in [0.2, 0.25) is 10.0 Å². The van der Waals surface area contributed by atoms with Gasteiger partial charge < -0.3 is 5.32 Å².